The van der Waals surface area contributed by atoms with Crippen LogP contribution in [0.1, 0.15) is 12.1 Å². The molecule has 0 radical (unpaired) electrons. The number of fused-ring (bicyclic) bond motifs is 1. The normalized spacial score (nSPS) is 15.9. The van der Waals surface area contributed by atoms with Crippen molar-refractivity contribution < 1.29 is 9.59 Å². The number of rotatable bonds is 3. The molecule has 3 rings (SSSR count). The summed E-state index contributed by atoms with van der Waals surface area (Å²) in [6.07, 6.45) is 0.834. The van der Waals surface area contributed by atoms with Gasteiger partial charge in [-0.1, -0.05) is 18.2 Å². The Labute approximate surface area is 105 Å². The number of ketones is 1. The average Bonchev–Trinajstić information content (AvgIpc) is 2.89. The van der Waals surface area contributed by atoms with Gasteiger partial charge in [0.05, 0.1) is 13.0 Å². The molecule has 0 aliphatic carbocycles. The van der Waals surface area contributed by atoms with E-state index in [9.17, 15) is 9.59 Å². The Morgan fingerprint density at radius 2 is 2.06 bits per heavy atom. The van der Waals surface area contributed by atoms with Gasteiger partial charge in [0.1, 0.15) is 0 Å². The summed E-state index contributed by atoms with van der Waals surface area (Å²) < 4.78 is 0. The first-order valence-corrected chi connectivity index (χ1v) is 6.08. The minimum absolute atomic E-state index is 0.0247. The molecule has 1 aliphatic heterocycles. The fraction of sp³-hybridized carbons (Fsp3) is 0.286. The highest BCUT2D eigenvalue weighted by Gasteiger charge is 2.26. The number of nitrogens with one attached hydrogen (secondary N) is 1. The number of hydrogen-bond acceptors (Lipinski definition) is 2. The summed E-state index contributed by atoms with van der Waals surface area (Å²) in [6, 6.07) is 10.2. The lowest BCUT2D eigenvalue weighted by molar-refractivity contribution is -0.127. The molecule has 0 atom stereocenters. The van der Waals surface area contributed by atoms with Gasteiger partial charge in [0, 0.05) is 24.2 Å². The Bertz CT molecular complexity index is 582. The van der Waals surface area contributed by atoms with Crippen LogP contribution in [-0.2, 0) is 16.0 Å². The highest BCUT2D eigenvalue weighted by Crippen LogP contribution is 2.16. The lowest BCUT2D eigenvalue weighted by Gasteiger charge is -2.13. The maximum atomic E-state index is 11.5. The van der Waals surface area contributed by atoms with Crippen molar-refractivity contribution in [3.05, 3.63) is 36.0 Å². The first-order valence-electron chi connectivity index (χ1n) is 6.08. The molecule has 1 aromatic heterocycles. The number of amides is 1. The highest BCUT2D eigenvalue weighted by atomic mass is 16.2. The van der Waals surface area contributed by atoms with Crippen molar-refractivity contribution in [2.45, 2.75) is 12.8 Å². The fourth-order valence-corrected chi connectivity index (χ4v) is 2.36. The molecular formula is C14H14N2O2. The lowest BCUT2D eigenvalue weighted by atomic mass is 10.2. The summed E-state index contributed by atoms with van der Waals surface area (Å²) in [7, 11) is 0. The molecule has 18 heavy (non-hydrogen) atoms. The molecule has 1 saturated heterocycles. The summed E-state index contributed by atoms with van der Waals surface area (Å²) in [6.45, 7) is 0.885. The van der Waals surface area contributed by atoms with Gasteiger partial charge in [0.15, 0.2) is 5.78 Å². The number of carbonyl (C=O) groups excluding carboxylic acids is 2. The lowest BCUT2D eigenvalue weighted by Crippen LogP contribution is -2.27. The predicted molar refractivity (Wildman–Crippen MR) is 68.2 cm³/mol. The molecular weight excluding hydrogens is 228 g/mol. The third kappa shape index (κ3) is 2.01. The van der Waals surface area contributed by atoms with Crippen LogP contribution in [-0.4, -0.2) is 34.7 Å². The highest BCUT2D eigenvalue weighted by molar-refractivity contribution is 6.05. The van der Waals surface area contributed by atoms with Gasteiger partial charge < -0.3 is 9.88 Å². The Hall–Kier alpha value is -2.10. The van der Waals surface area contributed by atoms with Crippen LogP contribution >= 0.6 is 0 Å². The van der Waals surface area contributed by atoms with Crippen LogP contribution < -0.4 is 0 Å². The number of benzene rings is 1. The second-order valence-corrected chi connectivity index (χ2v) is 4.66. The zero-order chi connectivity index (χ0) is 12.5. The fourth-order valence-electron chi connectivity index (χ4n) is 2.36. The molecule has 4 nitrogen and oxygen atoms in total. The number of aromatic nitrogens is 1. The largest absolute Gasteiger partial charge is 0.358 e. The van der Waals surface area contributed by atoms with Crippen LogP contribution in [0.2, 0.25) is 0 Å². The minimum Gasteiger partial charge on any atom is -0.358 e. The molecule has 1 N–H and O–H groups in total. The molecule has 0 spiro atoms. The van der Waals surface area contributed by atoms with E-state index in [0.717, 1.165) is 17.6 Å². The van der Waals surface area contributed by atoms with Crippen molar-refractivity contribution in [2.24, 2.45) is 0 Å². The molecule has 1 fully saturated rings. The van der Waals surface area contributed by atoms with Crippen LogP contribution in [0.15, 0.2) is 30.3 Å². The maximum Gasteiger partial charge on any atom is 0.230 e. The van der Waals surface area contributed by atoms with Crippen LogP contribution in [0.4, 0.5) is 0 Å². The molecule has 4 heteroatoms. The average molecular weight is 242 g/mol. The molecule has 2 heterocycles. The van der Waals surface area contributed by atoms with E-state index in [4.69, 9.17) is 0 Å². The number of para-hydroxylation sites is 1. The third-order valence-corrected chi connectivity index (χ3v) is 3.31. The summed E-state index contributed by atoms with van der Waals surface area (Å²) in [5.41, 5.74) is 2.21. The number of hydrogen-bond donors (Lipinski definition) is 1. The molecule has 1 aliphatic rings. The molecule has 2 aromatic rings. The van der Waals surface area contributed by atoms with E-state index in [1.807, 2.05) is 18.2 Å². The monoisotopic (exact) mass is 242 g/mol. The van der Waals surface area contributed by atoms with E-state index < -0.39 is 0 Å². The Kier molecular flexibility index (Phi) is 2.63. The van der Waals surface area contributed by atoms with Crippen LogP contribution in [0.3, 0.4) is 0 Å². The second kappa shape index (κ2) is 4.29. The maximum absolute atomic E-state index is 11.5. The Morgan fingerprint density at radius 3 is 2.78 bits per heavy atom. The predicted octanol–water partition coefficient (Wildman–Crippen LogP) is 1.51. The molecule has 1 aromatic carbocycles. The molecule has 92 valence electrons. The number of likely N-dealkylation sites (tertiary alicyclic amines) is 1. The van der Waals surface area contributed by atoms with E-state index in [1.165, 1.54) is 5.39 Å². The Balaban J connectivity index is 1.69. The zero-order valence-electron chi connectivity index (χ0n) is 9.98. The summed E-state index contributed by atoms with van der Waals surface area (Å²) in [5, 5.41) is 1.18. The van der Waals surface area contributed by atoms with Gasteiger partial charge in [-0.15, -0.1) is 0 Å². The van der Waals surface area contributed by atoms with E-state index in [1.54, 1.807) is 4.90 Å². The second-order valence-electron chi connectivity index (χ2n) is 4.66. The van der Waals surface area contributed by atoms with Crippen LogP contribution in [0, 0.1) is 0 Å². The van der Waals surface area contributed by atoms with E-state index in [0.29, 0.717) is 6.54 Å². The first-order chi connectivity index (χ1) is 8.72. The van der Waals surface area contributed by atoms with Gasteiger partial charge in [-0.3, -0.25) is 9.59 Å². The smallest absolute Gasteiger partial charge is 0.230 e. The van der Waals surface area contributed by atoms with Gasteiger partial charge in [0.25, 0.3) is 0 Å². The van der Waals surface area contributed by atoms with Gasteiger partial charge in [-0.25, -0.2) is 0 Å². The number of nitrogens with zero attached hydrogens (tertiary/aromatic N) is 1. The van der Waals surface area contributed by atoms with E-state index >= 15 is 0 Å². The SMILES string of the molecule is O=C1CC(=O)N(CCc2cc3ccccc3[nH]2)C1. The van der Waals surface area contributed by atoms with Crippen LogP contribution in [0.5, 0.6) is 0 Å². The van der Waals surface area contributed by atoms with Crippen molar-refractivity contribution in [3.8, 4) is 0 Å². The van der Waals surface area contributed by atoms with Crippen LogP contribution in [0.25, 0.3) is 10.9 Å². The van der Waals surface area contributed by atoms with Crippen molar-refractivity contribution in [1.82, 2.24) is 9.88 Å². The van der Waals surface area contributed by atoms with E-state index in [2.05, 4.69) is 17.1 Å². The first kappa shape index (κ1) is 11.0. The van der Waals surface area contributed by atoms with Crippen molar-refractivity contribution in [1.29, 1.82) is 0 Å². The standard InChI is InChI=1S/C14H14N2O2/c17-12-8-14(18)16(9-12)6-5-11-7-10-3-1-2-4-13(10)15-11/h1-4,7,15H,5-6,8-9H2. The molecule has 0 unspecified atom stereocenters. The zero-order valence-corrected chi connectivity index (χ0v) is 9.98. The van der Waals surface area contributed by atoms with Crippen molar-refractivity contribution >= 4 is 22.6 Å². The topological polar surface area (TPSA) is 53.2 Å². The third-order valence-electron chi connectivity index (χ3n) is 3.31. The van der Waals surface area contributed by atoms with Gasteiger partial charge >= 0.3 is 0 Å². The van der Waals surface area contributed by atoms with Crippen molar-refractivity contribution in [3.63, 3.8) is 0 Å². The number of aromatic amines is 1. The number of Topliss-reactive ketones (excluding diaryl/α,β-unsaturated/α-hetero) is 1. The summed E-state index contributed by atoms with van der Waals surface area (Å²) in [4.78, 5) is 27.6. The molecule has 0 bridgehead atoms. The van der Waals surface area contributed by atoms with Gasteiger partial charge in [-0.2, -0.15) is 0 Å². The van der Waals surface area contributed by atoms with E-state index in [-0.39, 0.29) is 24.7 Å². The molecule has 0 saturated carbocycles. The van der Waals surface area contributed by atoms with Crippen molar-refractivity contribution in [2.75, 3.05) is 13.1 Å². The summed E-state index contributed by atoms with van der Waals surface area (Å²) >= 11 is 0. The minimum atomic E-state index is -0.0453. The quantitative estimate of drug-likeness (QED) is 0.829. The number of carbonyl (C=O) groups is 2. The number of H-pyrrole nitrogens is 1. The Morgan fingerprint density at radius 1 is 1.22 bits per heavy atom. The van der Waals surface area contributed by atoms with Gasteiger partial charge in [-0.05, 0) is 17.5 Å². The van der Waals surface area contributed by atoms with Gasteiger partial charge in [0.2, 0.25) is 5.91 Å². The molecule has 1 amide bonds. The summed E-state index contributed by atoms with van der Waals surface area (Å²) in [5.74, 6) is -0.0206.